The number of methoxy groups -OCH3 is 2. The number of hydrogen-bond acceptors (Lipinski definition) is 3. The van der Waals surface area contributed by atoms with Crippen molar-refractivity contribution < 1.29 is 9.47 Å². The third kappa shape index (κ3) is 2.08. The van der Waals surface area contributed by atoms with Crippen molar-refractivity contribution in [3.8, 4) is 11.5 Å². The van der Waals surface area contributed by atoms with E-state index in [0.29, 0.717) is 0 Å². The van der Waals surface area contributed by atoms with Crippen LogP contribution >= 0.6 is 0 Å². The van der Waals surface area contributed by atoms with Gasteiger partial charge in [0.2, 0.25) is 0 Å². The molecule has 1 heterocycles. The second kappa shape index (κ2) is 4.76. The summed E-state index contributed by atoms with van der Waals surface area (Å²) in [5, 5.41) is 0. The first-order valence-electron chi connectivity index (χ1n) is 6.19. The van der Waals surface area contributed by atoms with Gasteiger partial charge in [0.1, 0.15) is 0 Å². The Kier molecular flexibility index (Phi) is 2.95. The van der Waals surface area contributed by atoms with Gasteiger partial charge in [0, 0.05) is 12.0 Å². The highest BCUT2D eigenvalue weighted by molar-refractivity contribution is 6.06. The number of fused-ring (bicyclic) bond motifs is 1. The average Bonchev–Trinajstić information content (AvgIpc) is 2.90. The van der Waals surface area contributed by atoms with E-state index in [2.05, 4.69) is 11.1 Å². The van der Waals surface area contributed by atoms with Crippen LogP contribution in [0.3, 0.4) is 0 Å². The smallest absolute Gasteiger partial charge is 0.161 e. The van der Waals surface area contributed by atoms with Gasteiger partial charge >= 0.3 is 0 Å². The minimum absolute atomic E-state index is 0.735. The van der Waals surface area contributed by atoms with E-state index in [1.807, 2.05) is 36.4 Å². The number of aliphatic imine (C=N–C) groups is 1. The molecule has 3 heteroatoms. The lowest BCUT2D eigenvalue weighted by Gasteiger charge is -2.09. The number of benzene rings is 2. The van der Waals surface area contributed by atoms with Gasteiger partial charge in [-0.2, -0.15) is 0 Å². The summed E-state index contributed by atoms with van der Waals surface area (Å²) in [6.07, 6.45) is 0.867. The number of hydrogen-bond donors (Lipinski definition) is 0. The molecule has 0 N–H and O–H groups in total. The standard InChI is InChI=1S/C16H15NO2/c1-18-15-8-7-12(10-16(15)19-2)14-9-11-5-3-4-6-13(11)17-14/h3-8,10H,9H2,1-2H3. The van der Waals surface area contributed by atoms with Gasteiger partial charge in [-0.25, -0.2) is 0 Å². The number of para-hydroxylation sites is 1. The fourth-order valence-corrected chi connectivity index (χ4v) is 2.32. The van der Waals surface area contributed by atoms with E-state index in [-0.39, 0.29) is 0 Å². The maximum atomic E-state index is 5.33. The summed E-state index contributed by atoms with van der Waals surface area (Å²) < 4.78 is 10.6. The van der Waals surface area contributed by atoms with Gasteiger partial charge in [-0.05, 0) is 29.8 Å². The van der Waals surface area contributed by atoms with Gasteiger partial charge < -0.3 is 9.47 Å². The van der Waals surface area contributed by atoms with Crippen molar-refractivity contribution in [3.05, 3.63) is 53.6 Å². The van der Waals surface area contributed by atoms with Crippen LogP contribution in [0.15, 0.2) is 47.5 Å². The molecule has 0 amide bonds. The molecule has 3 rings (SSSR count). The molecule has 0 saturated carbocycles. The fourth-order valence-electron chi connectivity index (χ4n) is 2.32. The summed E-state index contributed by atoms with van der Waals surface area (Å²) in [6, 6.07) is 14.1. The number of ether oxygens (including phenoxy) is 2. The quantitative estimate of drug-likeness (QED) is 0.839. The predicted molar refractivity (Wildman–Crippen MR) is 75.9 cm³/mol. The van der Waals surface area contributed by atoms with E-state index in [9.17, 15) is 0 Å². The van der Waals surface area contributed by atoms with Crippen molar-refractivity contribution in [3.63, 3.8) is 0 Å². The van der Waals surface area contributed by atoms with E-state index in [1.54, 1.807) is 14.2 Å². The van der Waals surface area contributed by atoms with Crippen molar-refractivity contribution >= 4 is 11.4 Å². The Labute approximate surface area is 112 Å². The van der Waals surface area contributed by atoms with Crippen LogP contribution in [-0.4, -0.2) is 19.9 Å². The minimum atomic E-state index is 0.735. The lowest BCUT2D eigenvalue weighted by molar-refractivity contribution is 0.355. The highest BCUT2D eigenvalue weighted by Crippen LogP contribution is 2.32. The van der Waals surface area contributed by atoms with Crippen LogP contribution in [0.5, 0.6) is 11.5 Å². The Morgan fingerprint density at radius 2 is 1.74 bits per heavy atom. The molecule has 2 aromatic rings. The van der Waals surface area contributed by atoms with E-state index in [1.165, 1.54) is 5.56 Å². The monoisotopic (exact) mass is 253 g/mol. The first kappa shape index (κ1) is 11.8. The van der Waals surface area contributed by atoms with Crippen LogP contribution in [0.1, 0.15) is 11.1 Å². The summed E-state index contributed by atoms with van der Waals surface area (Å²) in [7, 11) is 3.29. The summed E-state index contributed by atoms with van der Waals surface area (Å²) in [4.78, 5) is 4.67. The van der Waals surface area contributed by atoms with Gasteiger partial charge in [0.15, 0.2) is 11.5 Å². The van der Waals surface area contributed by atoms with Crippen LogP contribution in [0.4, 0.5) is 5.69 Å². The summed E-state index contributed by atoms with van der Waals surface area (Å²) in [5.41, 5.74) is 4.48. The average molecular weight is 253 g/mol. The molecule has 96 valence electrons. The largest absolute Gasteiger partial charge is 0.493 e. The summed E-state index contributed by atoms with van der Waals surface area (Å²) in [5.74, 6) is 1.47. The normalized spacial score (nSPS) is 12.8. The van der Waals surface area contributed by atoms with Crippen molar-refractivity contribution in [2.45, 2.75) is 6.42 Å². The number of rotatable bonds is 3. The third-order valence-electron chi connectivity index (χ3n) is 3.32. The van der Waals surface area contributed by atoms with Crippen molar-refractivity contribution in [2.75, 3.05) is 14.2 Å². The molecule has 0 saturated heterocycles. The molecule has 0 fully saturated rings. The molecule has 3 nitrogen and oxygen atoms in total. The zero-order valence-corrected chi connectivity index (χ0v) is 11.0. The maximum Gasteiger partial charge on any atom is 0.161 e. The second-order valence-corrected chi connectivity index (χ2v) is 4.43. The Morgan fingerprint density at radius 3 is 2.47 bits per heavy atom. The molecule has 1 aliphatic heterocycles. The molecule has 19 heavy (non-hydrogen) atoms. The van der Waals surface area contributed by atoms with Crippen LogP contribution < -0.4 is 9.47 Å². The van der Waals surface area contributed by atoms with E-state index in [4.69, 9.17) is 9.47 Å². The van der Waals surface area contributed by atoms with E-state index < -0.39 is 0 Å². The molecule has 0 spiro atoms. The molecule has 1 aliphatic rings. The van der Waals surface area contributed by atoms with E-state index >= 15 is 0 Å². The molecular formula is C16H15NO2. The molecule has 0 radical (unpaired) electrons. The fraction of sp³-hybridized carbons (Fsp3) is 0.188. The van der Waals surface area contributed by atoms with Gasteiger partial charge in [0.25, 0.3) is 0 Å². The Morgan fingerprint density at radius 1 is 0.947 bits per heavy atom. The van der Waals surface area contributed by atoms with Crippen LogP contribution in [0.25, 0.3) is 0 Å². The zero-order valence-electron chi connectivity index (χ0n) is 11.0. The molecule has 0 aliphatic carbocycles. The minimum Gasteiger partial charge on any atom is -0.493 e. The zero-order chi connectivity index (χ0) is 13.2. The van der Waals surface area contributed by atoms with Crippen molar-refractivity contribution in [1.82, 2.24) is 0 Å². The highest BCUT2D eigenvalue weighted by Gasteiger charge is 2.16. The van der Waals surface area contributed by atoms with Gasteiger partial charge in [-0.15, -0.1) is 0 Å². The third-order valence-corrected chi connectivity index (χ3v) is 3.32. The first-order valence-corrected chi connectivity index (χ1v) is 6.19. The van der Waals surface area contributed by atoms with Crippen molar-refractivity contribution in [2.24, 2.45) is 4.99 Å². The molecule has 0 atom stereocenters. The SMILES string of the molecule is COc1ccc(C2=Nc3ccccc3C2)cc1OC. The predicted octanol–water partition coefficient (Wildman–Crippen LogP) is 3.38. The topological polar surface area (TPSA) is 30.8 Å². The summed E-state index contributed by atoms with van der Waals surface area (Å²) >= 11 is 0. The molecule has 0 unspecified atom stereocenters. The van der Waals surface area contributed by atoms with Gasteiger partial charge in [0.05, 0.1) is 25.6 Å². The first-order chi connectivity index (χ1) is 9.31. The lowest BCUT2D eigenvalue weighted by atomic mass is 10.0. The van der Waals surface area contributed by atoms with Gasteiger partial charge in [-0.1, -0.05) is 18.2 Å². The molecule has 0 bridgehead atoms. The highest BCUT2D eigenvalue weighted by atomic mass is 16.5. The number of nitrogens with zero attached hydrogens (tertiary/aromatic N) is 1. The van der Waals surface area contributed by atoms with Crippen LogP contribution in [0.2, 0.25) is 0 Å². The Balaban J connectivity index is 1.97. The van der Waals surface area contributed by atoms with E-state index in [0.717, 1.165) is 34.9 Å². The van der Waals surface area contributed by atoms with Crippen LogP contribution in [0, 0.1) is 0 Å². The second-order valence-electron chi connectivity index (χ2n) is 4.43. The summed E-state index contributed by atoms with van der Waals surface area (Å²) in [6.45, 7) is 0. The molecule has 0 aromatic heterocycles. The lowest BCUT2D eigenvalue weighted by Crippen LogP contribution is -2.01. The van der Waals surface area contributed by atoms with Crippen molar-refractivity contribution in [1.29, 1.82) is 0 Å². The van der Waals surface area contributed by atoms with Crippen LogP contribution in [-0.2, 0) is 6.42 Å². The Bertz CT molecular complexity index is 647. The Hall–Kier alpha value is -2.29. The molecule has 2 aromatic carbocycles. The molecular weight excluding hydrogens is 238 g/mol. The maximum absolute atomic E-state index is 5.33. The van der Waals surface area contributed by atoms with Gasteiger partial charge in [-0.3, -0.25) is 4.99 Å².